The number of rotatable bonds is 9. The third-order valence-corrected chi connectivity index (χ3v) is 5.17. The Balaban J connectivity index is 2.66. The van der Waals surface area contributed by atoms with Gasteiger partial charge < -0.3 is 10.1 Å². The molecule has 1 aromatic rings. The van der Waals surface area contributed by atoms with Gasteiger partial charge in [0.15, 0.2) is 0 Å². The number of sulfone groups is 1. The van der Waals surface area contributed by atoms with Crippen LogP contribution in [0.2, 0.25) is 0 Å². The molecule has 0 aromatic heterocycles. The van der Waals surface area contributed by atoms with Crippen molar-refractivity contribution in [3.63, 3.8) is 0 Å². The predicted molar refractivity (Wildman–Crippen MR) is 83.1 cm³/mol. The maximum Gasteiger partial charge on any atom is 0.150 e. The first kappa shape index (κ1) is 17.0. The van der Waals surface area contributed by atoms with E-state index in [-0.39, 0.29) is 11.5 Å². The first-order chi connectivity index (χ1) is 9.50. The van der Waals surface area contributed by atoms with Gasteiger partial charge in [0.05, 0.1) is 12.9 Å². The lowest BCUT2D eigenvalue weighted by Crippen LogP contribution is -2.24. The lowest BCUT2D eigenvalue weighted by Gasteiger charge is -2.17. The van der Waals surface area contributed by atoms with Crippen LogP contribution in [0, 0.1) is 5.92 Å². The van der Waals surface area contributed by atoms with Crippen LogP contribution in [-0.2, 0) is 16.3 Å². The van der Waals surface area contributed by atoms with E-state index in [1.807, 2.05) is 25.2 Å². The Labute approximate surface area is 122 Å². The third-order valence-electron chi connectivity index (χ3n) is 3.43. The molecule has 0 amide bonds. The largest absolute Gasteiger partial charge is 0.497 e. The first-order valence-electron chi connectivity index (χ1n) is 6.98. The van der Waals surface area contributed by atoms with Crippen molar-refractivity contribution in [1.29, 1.82) is 0 Å². The molecule has 0 fully saturated rings. The zero-order valence-corrected chi connectivity index (χ0v) is 13.4. The Kier molecular flexibility index (Phi) is 7.02. The van der Waals surface area contributed by atoms with Crippen molar-refractivity contribution in [3.05, 3.63) is 29.8 Å². The minimum absolute atomic E-state index is 0.221. The lowest BCUT2D eigenvalue weighted by molar-refractivity contribution is 0.413. The van der Waals surface area contributed by atoms with Crippen LogP contribution in [0.4, 0.5) is 0 Å². The third kappa shape index (κ3) is 5.92. The smallest absolute Gasteiger partial charge is 0.150 e. The molecule has 1 unspecified atom stereocenters. The van der Waals surface area contributed by atoms with Crippen molar-refractivity contribution in [2.24, 2.45) is 5.92 Å². The molecule has 20 heavy (non-hydrogen) atoms. The van der Waals surface area contributed by atoms with Gasteiger partial charge in [-0.15, -0.1) is 0 Å². The van der Waals surface area contributed by atoms with Gasteiger partial charge in [-0.3, -0.25) is 0 Å². The molecule has 0 radical (unpaired) electrons. The van der Waals surface area contributed by atoms with Crippen molar-refractivity contribution in [3.8, 4) is 5.75 Å². The summed E-state index contributed by atoms with van der Waals surface area (Å²) in [4.78, 5) is 0. The van der Waals surface area contributed by atoms with Gasteiger partial charge in [-0.2, -0.15) is 0 Å². The molecular formula is C15H25NO3S. The maximum atomic E-state index is 11.6. The van der Waals surface area contributed by atoms with Gasteiger partial charge in [-0.1, -0.05) is 19.1 Å². The van der Waals surface area contributed by atoms with Crippen LogP contribution in [0.5, 0.6) is 5.75 Å². The molecule has 1 rings (SSSR count). The van der Waals surface area contributed by atoms with Crippen LogP contribution in [0.25, 0.3) is 0 Å². The highest BCUT2D eigenvalue weighted by Crippen LogP contribution is 2.18. The van der Waals surface area contributed by atoms with Gasteiger partial charge in [-0.05, 0) is 50.0 Å². The summed E-state index contributed by atoms with van der Waals surface area (Å²) >= 11 is 0. The van der Waals surface area contributed by atoms with E-state index >= 15 is 0 Å². The molecular weight excluding hydrogens is 274 g/mol. The Morgan fingerprint density at radius 1 is 1.35 bits per heavy atom. The summed E-state index contributed by atoms with van der Waals surface area (Å²) in [5.41, 5.74) is 1.18. The van der Waals surface area contributed by atoms with Crippen molar-refractivity contribution in [2.75, 3.05) is 32.2 Å². The molecule has 114 valence electrons. The van der Waals surface area contributed by atoms with Gasteiger partial charge >= 0.3 is 0 Å². The molecule has 0 heterocycles. The summed E-state index contributed by atoms with van der Waals surface area (Å²) in [6.45, 7) is 2.51. The van der Waals surface area contributed by atoms with Crippen molar-refractivity contribution >= 4 is 9.84 Å². The van der Waals surface area contributed by atoms with Crippen LogP contribution < -0.4 is 10.1 Å². The molecule has 0 spiro atoms. The summed E-state index contributed by atoms with van der Waals surface area (Å²) in [5.74, 6) is 1.64. The molecule has 1 atom stereocenters. The molecule has 0 aliphatic heterocycles. The quantitative estimate of drug-likeness (QED) is 0.756. The number of nitrogens with one attached hydrogen (secondary N) is 1. The standard InChI is InChI=1S/C15H25NO3S/c1-4-20(17,18)9-8-14(12-16-2)10-13-6-5-7-15(11-13)19-3/h5-7,11,14,16H,4,8-10,12H2,1-3H3. The number of hydrogen-bond donors (Lipinski definition) is 1. The molecule has 4 nitrogen and oxygen atoms in total. The van der Waals surface area contributed by atoms with Crippen LogP contribution >= 0.6 is 0 Å². The predicted octanol–water partition coefficient (Wildman–Crippen LogP) is 1.90. The van der Waals surface area contributed by atoms with Crippen LogP contribution in [0.15, 0.2) is 24.3 Å². The monoisotopic (exact) mass is 299 g/mol. The van der Waals surface area contributed by atoms with E-state index in [1.54, 1.807) is 14.0 Å². The van der Waals surface area contributed by atoms with Gasteiger partial charge in [0, 0.05) is 5.75 Å². The molecule has 0 aliphatic rings. The summed E-state index contributed by atoms with van der Waals surface area (Å²) in [7, 11) is 0.656. The van der Waals surface area contributed by atoms with Gasteiger partial charge in [0.1, 0.15) is 15.6 Å². The number of ether oxygens (including phenoxy) is 1. The summed E-state index contributed by atoms with van der Waals surface area (Å²) in [5, 5.41) is 3.14. The van der Waals surface area contributed by atoms with Gasteiger partial charge in [-0.25, -0.2) is 8.42 Å². The average Bonchev–Trinajstić information content (AvgIpc) is 2.45. The summed E-state index contributed by atoms with van der Waals surface area (Å²) < 4.78 is 28.5. The molecule has 0 saturated carbocycles. The topological polar surface area (TPSA) is 55.4 Å². The van der Waals surface area contributed by atoms with Crippen LogP contribution in [0.3, 0.4) is 0 Å². The average molecular weight is 299 g/mol. The van der Waals surface area contributed by atoms with Crippen molar-refractivity contribution < 1.29 is 13.2 Å². The molecule has 0 saturated heterocycles. The number of methoxy groups -OCH3 is 1. The normalized spacial score (nSPS) is 13.2. The van der Waals surface area contributed by atoms with E-state index in [1.165, 1.54) is 5.56 Å². The summed E-state index contributed by atoms with van der Waals surface area (Å²) in [6, 6.07) is 7.95. The van der Waals surface area contributed by atoms with E-state index < -0.39 is 9.84 Å². The minimum Gasteiger partial charge on any atom is -0.497 e. The fourth-order valence-corrected chi connectivity index (χ4v) is 3.17. The molecule has 1 N–H and O–H groups in total. The Hall–Kier alpha value is -1.07. The highest BCUT2D eigenvalue weighted by molar-refractivity contribution is 7.91. The van der Waals surface area contributed by atoms with Crippen molar-refractivity contribution in [1.82, 2.24) is 5.32 Å². The SMILES string of the molecule is CCS(=O)(=O)CCC(CNC)Cc1cccc(OC)c1. The van der Waals surface area contributed by atoms with Crippen LogP contribution in [0.1, 0.15) is 18.9 Å². The Morgan fingerprint density at radius 2 is 2.10 bits per heavy atom. The zero-order valence-electron chi connectivity index (χ0n) is 12.6. The first-order valence-corrected chi connectivity index (χ1v) is 8.80. The zero-order chi connectivity index (χ0) is 15.0. The van der Waals surface area contributed by atoms with Crippen LogP contribution in [-0.4, -0.2) is 40.6 Å². The van der Waals surface area contributed by atoms with E-state index in [2.05, 4.69) is 11.4 Å². The summed E-state index contributed by atoms with van der Waals surface area (Å²) in [6.07, 6.45) is 1.55. The fraction of sp³-hybridized carbons (Fsp3) is 0.600. The van der Waals surface area contributed by atoms with E-state index in [0.717, 1.165) is 18.7 Å². The molecule has 0 aliphatic carbocycles. The van der Waals surface area contributed by atoms with Crippen molar-refractivity contribution in [2.45, 2.75) is 19.8 Å². The van der Waals surface area contributed by atoms with E-state index in [4.69, 9.17) is 4.74 Å². The maximum absolute atomic E-state index is 11.6. The van der Waals surface area contributed by atoms with E-state index in [0.29, 0.717) is 12.3 Å². The lowest BCUT2D eigenvalue weighted by atomic mass is 9.97. The molecule has 1 aromatic carbocycles. The molecule has 5 heteroatoms. The minimum atomic E-state index is -2.89. The number of benzene rings is 1. The number of hydrogen-bond acceptors (Lipinski definition) is 4. The van der Waals surface area contributed by atoms with Gasteiger partial charge in [0.2, 0.25) is 0 Å². The second kappa shape index (κ2) is 8.27. The highest BCUT2D eigenvalue weighted by Gasteiger charge is 2.14. The second-order valence-electron chi connectivity index (χ2n) is 5.00. The Morgan fingerprint density at radius 3 is 2.70 bits per heavy atom. The highest BCUT2D eigenvalue weighted by atomic mass is 32.2. The molecule has 0 bridgehead atoms. The Bertz CT molecular complexity index is 500. The van der Waals surface area contributed by atoms with E-state index in [9.17, 15) is 8.42 Å². The fourth-order valence-electron chi connectivity index (χ4n) is 2.19. The second-order valence-corrected chi connectivity index (χ2v) is 7.48. The van der Waals surface area contributed by atoms with Gasteiger partial charge in [0.25, 0.3) is 0 Å².